The average Bonchev–Trinajstić information content (AvgIpc) is 2.99. The highest BCUT2D eigenvalue weighted by Gasteiger charge is 2.08. The van der Waals surface area contributed by atoms with E-state index in [1.54, 1.807) is 23.9 Å². The summed E-state index contributed by atoms with van der Waals surface area (Å²) in [6, 6.07) is 9.20. The Morgan fingerprint density at radius 3 is 2.62 bits per heavy atom. The summed E-state index contributed by atoms with van der Waals surface area (Å²) in [5, 5.41) is 6.94. The van der Waals surface area contributed by atoms with E-state index in [-0.39, 0.29) is 18.3 Å². The van der Waals surface area contributed by atoms with Gasteiger partial charge in [0.25, 0.3) is 5.91 Å². The van der Waals surface area contributed by atoms with E-state index in [0.717, 1.165) is 24.9 Å². The molecule has 6 nitrogen and oxygen atoms in total. The summed E-state index contributed by atoms with van der Waals surface area (Å²) in [6.07, 6.45) is 3.86. The molecule has 0 spiro atoms. The zero-order valence-electron chi connectivity index (χ0n) is 14.1. The summed E-state index contributed by atoms with van der Waals surface area (Å²) >= 11 is 0. The second-order valence-electron chi connectivity index (χ2n) is 5.62. The van der Waals surface area contributed by atoms with Crippen LogP contribution in [0.15, 0.2) is 36.5 Å². The second-order valence-corrected chi connectivity index (χ2v) is 5.62. The fraction of sp³-hybridized carbons (Fsp3) is 0.389. The van der Waals surface area contributed by atoms with Crippen LogP contribution in [-0.2, 0) is 22.6 Å². The molecule has 0 atom stereocenters. The van der Waals surface area contributed by atoms with Crippen LogP contribution in [0.5, 0.6) is 5.75 Å². The predicted octanol–water partition coefficient (Wildman–Crippen LogP) is 2.83. The standard InChI is InChI=1S/C18H23N3O3/c1-3-12-21-17(10-11-19-21)20-18(23)13-24-16-8-6-15(7-9-16)5-4-14(2)22/h6-11H,3-5,12-13H2,1-2H3,(H,20,23). The van der Waals surface area contributed by atoms with Gasteiger partial charge in [-0.05, 0) is 37.5 Å². The van der Waals surface area contributed by atoms with Gasteiger partial charge in [0.1, 0.15) is 17.4 Å². The van der Waals surface area contributed by atoms with E-state index in [1.807, 2.05) is 24.3 Å². The summed E-state index contributed by atoms with van der Waals surface area (Å²) in [5.74, 6) is 1.24. The number of hydrogen-bond donors (Lipinski definition) is 1. The van der Waals surface area contributed by atoms with Gasteiger partial charge in [0, 0.05) is 19.0 Å². The van der Waals surface area contributed by atoms with Gasteiger partial charge >= 0.3 is 0 Å². The highest BCUT2D eigenvalue weighted by molar-refractivity contribution is 5.91. The molecular formula is C18H23N3O3. The minimum atomic E-state index is -0.228. The van der Waals surface area contributed by atoms with E-state index in [0.29, 0.717) is 18.0 Å². The number of ketones is 1. The molecule has 2 rings (SSSR count). The van der Waals surface area contributed by atoms with E-state index in [2.05, 4.69) is 17.3 Å². The molecule has 1 heterocycles. The predicted molar refractivity (Wildman–Crippen MR) is 92.1 cm³/mol. The van der Waals surface area contributed by atoms with Crippen molar-refractivity contribution in [3.63, 3.8) is 0 Å². The number of nitrogens with zero attached hydrogens (tertiary/aromatic N) is 2. The molecule has 0 bridgehead atoms. The zero-order chi connectivity index (χ0) is 17.4. The van der Waals surface area contributed by atoms with Gasteiger partial charge in [0.05, 0.1) is 6.20 Å². The summed E-state index contributed by atoms with van der Waals surface area (Å²) in [6.45, 7) is 4.33. The van der Waals surface area contributed by atoms with Crippen molar-refractivity contribution in [1.82, 2.24) is 9.78 Å². The first-order valence-electron chi connectivity index (χ1n) is 8.11. The van der Waals surface area contributed by atoms with Crippen molar-refractivity contribution in [2.45, 2.75) is 39.7 Å². The van der Waals surface area contributed by atoms with Gasteiger partial charge in [0.15, 0.2) is 6.61 Å². The molecule has 128 valence electrons. The van der Waals surface area contributed by atoms with Crippen LogP contribution in [0.3, 0.4) is 0 Å². The summed E-state index contributed by atoms with van der Waals surface area (Å²) < 4.78 is 7.24. The van der Waals surface area contributed by atoms with Gasteiger partial charge in [-0.1, -0.05) is 19.1 Å². The van der Waals surface area contributed by atoms with Gasteiger partial charge in [0.2, 0.25) is 0 Å². The number of amides is 1. The molecule has 0 unspecified atom stereocenters. The third kappa shape index (κ3) is 5.53. The number of aromatic nitrogens is 2. The maximum absolute atomic E-state index is 12.0. The lowest BCUT2D eigenvalue weighted by Gasteiger charge is -2.09. The molecular weight excluding hydrogens is 306 g/mol. The quantitative estimate of drug-likeness (QED) is 0.768. The van der Waals surface area contributed by atoms with Crippen molar-refractivity contribution in [2.24, 2.45) is 0 Å². The van der Waals surface area contributed by atoms with Crippen LogP contribution in [0.25, 0.3) is 0 Å². The number of carbonyl (C=O) groups excluding carboxylic acids is 2. The summed E-state index contributed by atoms with van der Waals surface area (Å²) in [4.78, 5) is 23.0. The molecule has 1 aromatic carbocycles. The van der Waals surface area contributed by atoms with Crippen LogP contribution in [0.4, 0.5) is 5.82 Å². The molecule has 0 aliphatic carbocycles. The van der Waals surface area contributed by atoms with Gasteiger partial charge in [-0.25, -0.2) is 4.68 Å². The molecule has 0 fully saturated rings. The van der Waals surface area contributed by atoms with Gasteiger partial charge in [-0.15, -0.1) is 0 Å². The lowest BCUT2D eigenvalue weighted by Crippen LogP contribution is -2.22. The zero-order valence-corrected chi connectivity index (χ0v) is 14.1. The number of Topliss-reactive ketones (excluding diaryl/α,β-unsaturated/α-hetero) is 1. The van der Waals surface area contributed by atoms with Gasteiger partial charge in [-0.3, -0.25) is 4.79 Å². The molecule has 1 amide bonds. The third-order valence-electron chi connectivity index (χ3n) is 3.48. The summed E-state index contributed by atoms with van der Waals surface area (Å²) in [5.41, 5.74) is 1.07. The number of anilines is 1. The van der Waals surface area contributed by atoms with Crippen LogP contribution in [0, 0.1) is 0 Å². The fourth-order valence-electron chi connectivity index (χ4n) is 2.23. The van der Waals surface area contributed by atoms with E-state index in [1.165, 1.54) is 0 Å². The Bertz CT molecular complexity index is 677. The van der Waals surface area contributed by atoms with Crippen molar-refractivity contribution >= 4 is 17.5 Å². The Balaban J connectivity index is 1.81. The van der Waals surface area contributed by atoms with E-state index in [9.17, 15) is 9.59 Å². The van der Waals surface area contributed by atoms with E-state index < -0.39 is 0 Å². The Morgan fingerprint density at radius 1 is 1.21 bits per heavy atom. The Labute approximate surface area is 141 Å². The lowest BCUT2D eigenvalue weighted by atomic mass is 10.1. The van der Waals surface area contributed by atoms with Gasteiger partial charge < -0.3 is 14.8 Å². The highest BCUT2D eigenvalue weighted by Crippen LogP contribution is 2.14. The van der Waals surface area contributed by atoms with Crippen molar-refractivity contribution < 1.29 is 14.3 Å². The number of ether oxygens (including phenoxy) is 1. The number of carbonyl (C=O) groups is 2. The normalized spacial score (nSPS) is 10.4. The minimum Gasteiger partial charge on any atom is -0.484 e. The van der Waals surface area contributed by atoms with Crippen LogP contribution >= 0.6 is 0 Å². The largest absolute Gasteiger partial charge is 0.484 e. The van der Waals surface area contributed by atoms with Crippen molar-refractivity contribution in [3.05, 3.63) is 42.1 Å². The Hall–Kier alpha value is -2.63. The highest BCUT2D eigenvalue weighted by atomic mass is 16.5. The van der Waals surface area contributed by atoms with E-state index in [4.69, 9.17) is 4.74 Å². The SMILES string of the molecule is CCCn1nccc1NC(=O)COc1ccc(CCC(C)=O)cc1. The second kappa shape index (κ2) is 8.86. The fourth-order valence-corrected chi connectivity index (χ4v) is 2.23. The maximum atomic E-state index is 12.0. The molecule has 1 N–H and O–H groups in total. The van der Waals surface area contributed by atoms with Crippen LogP contribution in [0.2, 0.25) is 0 Å². The topological polar surface area (TPSA) is 73.2 Å². The number of hydrogen-bond acceptors (Lipinski definition) is 4. The Morgan fingerprint density at radius 2 is 1.96 bits per heavy atom. The first kappa shape index (κ1) is 17.7. The molecule has 0 aliphatic heterocycles. The number of nitrogens with one attached hydrogen (secondary N) is 1. The molecule has 0 radical (unpaired) electrons. The molecule has 0 saturated carbocycles. The van der Waals surface area contributed by atoms with Crippen LogP contribution in [-0.4, -0.2) is 28.1 Å². The molecule has 0 aliphatic rings. The van der Waals surface area contributed by atoms with E-state index >= 15 is 0 Å². The molecule has 24 heavy (non-hydrogen) atoms. The van der Waals surface area contributed by atoms with Crippen molar-refractivity contribution in [3.8, 4) is 5.75 Å². The lowest BCUT2D eigenvalue weighted by molar-refractivity contribution is -0.118. The molecule has 1 aromatic heterocycles. The molecule has 6 heteroatoms. The first-order valence-corrected chi connectivity index (χ1v) is 8.11. The molecule has 0 saturated heterocycles. The monoisotopic (exact) mass is 329 g/mol. The smallest absolute Gasteiger partial charge is 0.263 e. The van der Waals surface area contributed by atoms with Crippen molar-refractivity contribution in [2.75, 3.05) is 11.9 Å². The average molecular weight is 329 g/mol. The number of rotatable bonds is 9. The number of aryl methyl sites for hydroxylation is 2. The maximum Gasteiger partial charge on any atom is 0.263 e. The molecule has 2 aromatic rings. The van der Waals surface area contributed by atoms with Crippen LogP contribution in [0.1, 0.15) is 32.3 Å². The third-order valence-corrected chi connectivity index (χ3v) is 3.48. The van der Waals surface area contributed by atoms with Crippen molar-refractivity contribution in [1.29, 1.82) is 0 Å². The van der Waals surface area contributed by atoms with Gasteiger partial charge in [-0.2, -0.15) is 5.10 Å². The number of benzene rings is 1. The Kier molecular flexibility index (Phi) is 6.54. The summed E-state index contributed by atoms with van der Waals surface area (Å²) in [7, 11) is 0. The minimum absolute atomic E-state index is 0.0654. The van der Waals surface area contributed by atoms with Crippen LogP contribution < -0.4 is 10.1 Å². The first-order chi connectivity index (χ1) is 11.6.